The highest BCUT2D eigenvalue weighted by Crippen LogP contribution is 2.28. The molecular formula is C23H20ClN3. The van der Waals surface area contributed by atoms with Gasteiger partial charge in [-0.25, -0.2) is 4.98 Å². The molecule has 4 aromatic rings. The Balaban J connectivity index is 1.37. The quantitative estimate of drug-likeness (QED) is 0.518. The highest BCUT2D eigenvalue weighted by molar-refractivity contribution is 6.30. The van der Waals surface area contributed by atoms with Gasteiger partial charge in [-0.15, -0.1) is 0 Å². The van der Waals surface area contributed by atoms with Crippen molar-refractivity contribution in [1.29, 1.82) is 0 Å². The number of H-pyrrole nitrogens is 1. The van der Waals surface area contributed by atoms with Crippen molar-refractivity contribution in [3.05, 3.63) is 88.7 Å². The third-order valence-corrected chi connectivity index (χ3v) is 5.67. The standard InChI is InChI=1S/C23H20ClN3/c24-21-5-3-16(4-6-21)17-1-2-19-14-27(12-9-18(19)13-17)15-20-7-10-25-23-22(20)8-11-26-23/h1-8,10-11,13H,9,12,14-15H2,(H,25,26). The minimum Gasteiger partial charge on any atom is -0.346 e. The van der Waals surface area contributed by atoms with E-state index in [-0.39, 0.29) is 0 Å². The predicted octanol–water partition coefficient (Wildman–Crippen LogP) is 5.44. The van der Waals surface area contributed by atoms with Crippen LogP contribution in [0, 0.1) is 0 Å². The van der Waals surface area contributed by atoms with Gasteiger partial charge in [0.1, 0.15) is 5.65 Å². The van der Waals surface area contributed by atoms with Crippen molar-refractivity contribution in [2.24, 2.45) is 0 Å². The molecule has 0 bridgehead atoms. The highest BCUT2D eigenvalue weighted by atomic mass is 35.5. The van der Waals surface area contributed by atoms with E-state index in [2.05, 4.69) is 57.3 Å². The fourth-order valence-electron chi connectivity index (χ4n) is 3.97. The lowest BCUT2D eigenvalue weighted by Crippen LogP contribution is -2.30. The molecule has 3 nitrogen and oxygen atoms in total. The summed E-state index contributed by atoms with van der Waals surface area (Å²) in [6, 6.07) is 19.2. The second-order valence-corrected chi connectivity index (χ2v) is 7.60. The van der Waals surface area contributed by atoms with Crippen LogP contribution in [-0.4, -0.2) is 21.4 Å². The van der Waals surface area contributed by atoms with E-state index in [1.165, 1.54) is 33.2 Å². The van der Waals surface area contributed by atoms with Gasteiger partial charge in [0, 0.05) is 42.4 Å². The summed E-state index contributed by atoms with van der Waals surface area (Å²) < 4.78 is 0. The topological polar surface area (TPSA) is 31.9 Å². The number of aromatic amines is 1. The largest absolute Gasteiger partial charge is 0.346 e. The van der Waals surface area contributed by atoms with Crippen LogP contribution in [0.1, 0.15) is 16.7 Å². The summed E-state index contributed by atoms with van der Waals surface area (Å²) in [4.78, 5) is 10.1. The van der Waals surface area contributed by atoms with Gasteiger partial charge in [0.15, 0.2) is 0 Å². The molecular weight excluding hydrogens is 354 g/mol. The molecule has 2 aromatic carbocycles. The molecule has 0 atom stereocenters. The number of hydrogen-bond donors (Lipinski definition) is 1. The van der Waals surface area contributed by atoms with Crippen LogP contribution in [0.25, 0.3) is 22.2 Å². The minimum absolute atomic E-state index is 0.778. The molecule has 5 rings (SSSR count). The third kappa shape index (κ3) is 3.25. The number of rotatable bonds is 3. The van der Waals surface area contributed by atoms with E-state index in [0.717, 1.165) is 36.7 Å². The highest BCUT2D eigenvalue weighted by Gasteiger charge is 2.18. The maximum atomic E-state index is 6.01. The molecule has 0 unspecified atom stereocenters. The van der Waals surface area contributed by atoms with Crippen LogP contribution in [0.2, 0.25) is 5.02 Å². The van der Waals surface area contributed by atoms with E-state index in [1.54, 1.807) is 0 Å². The zero-order chi connectivity index (χ0) is 18.2. The molecule has 2 aromatic heterocycles. The molecule has 134 valence electrons. The van der Waals surface area contributed by atoms with E-state index in [0.29, 0.717) is 0 Å². The summed E-state index contributed by atoms with van der Waals surface area (Å²) in [5.74, 6) is 0. The van der Waals surface area contributed by atoms with Crippen molar-refractivity contribution < 1.29 is 0 Å². The van der Waals surface area contributed by atoms with Gasteiger partial charge in [0.2, 0.25) is 0 Å². The summed E-state index contributed by atoms with van der Waals surface area (Å²) in [5.41, 5.74) is 7.68. The van der Waals surface area contributed by atoms with Gasteiger partial charge in [-0.2, -0.15) is 0 Å². The van der Waals surface area contributed by atoms with Crippen LogP contribution in [0.3, 0.4) is 0 Å². The van der Waals surface area contributed by atoms with E-state index in [4.69, 9.17) is 11.6 Å². The molecule has 0 spiro atoms. The molecule has 3 heterocycles. The summed E-state index contributed by atoms with van der Waals surface area (Å²) in [5, 5.41) is 2.00. The Morgan fingerprint density at radius 3 is 2.70 bits per heavy atom. The Morgan fingerprint density at radius 1 is 0.963 bits per heavy atom. The number of nitrogens with one attached hydrogen (secondary N) is 1. The summed E-state index contributed by atoms with van der Waals surface area (Å²) in [7, 11) is 0. The summed E-state index contributed by atoms with van der Waals surface area (Å²) in [6.45, 7) is 3.02. The van der Waals surface area contributed by atoms with Gasteiger partial charge >= 0.3 is 0 Å². The van der Waals surface area contributed by atoms with Crippen LogP contribution < -0.4 is 0 Å². The summed E-state index contributed by atoms with van der Waals surface area (Å²) in [6.07, 6.45) is 4.94. The maximum absolute atomic E-state index is 6.01. The molecule has 0 saturated heterocycles. The third-order valence-electron chi connectivity index (χ3n) is 5.42. The molecule has 0 saturated carbocycles. The van der Waals surface area contributed by atoms with E-state index < -0.39 is 0 Å². The average Bonchev–Trinajstić information content (AvgIpc) is 3.18. The first-order chi connectivity index (χ1) is 13.3. The van der Waals surface area contributed by atoms with Gasteiger partial charge in [-0.05, 0) is 58.5 Å². The number of benzene rings is 2. The van der Waals surface area contributed by atoms with Gasteiger partial charge in [0.25, 0.3) is 0 Å². The minimum atomic E-state index is 0.778. The smallest absolute Gasteiger partial charge is 0.137 e. The molecule has 1 N–H and O–H groups in total. The Bertz CT molecular complexity index is 1100. The average molecular weight is 374 g/mol. The second-order valence-electron chi connectivity index (χ2n) is 7.16. The first kappa shape index (κ1) is 16.5. The van der Waals surface area contributed by atoms with E-state index in [1.807, 2.05) is 24.5 Å². The zero-order valence-corrected chi connectivity index (χ0v) is 15.7. The van der Waals surface area contributed by atoms with Crippen LogP contribution in [0.15, 0.2) is 67.0 Å². The fourth-order valence-corrected chi connectivity index (χ4v) is 4.09. The van der Waals surface area contributed by atoms with Gasteiger partial charge < -0.3 is 4.98 Å². The van der Waals surface area contributed by atoms with E-state index >= 15 is 0 Å². The first-order valence-electron chi connectivity index (χ1n) is 9.27. The molecule has 0 aliphatic carbocycles. The Morgan fingerprint density at radius 2 is 1.81 bits per heavy atom. The monoisotopic (exact) mass is 373 g/mol. The molecule has 1 aliphatic rings. The predicted molar refractivity (Wildman–Crippen MR) is 111 cm³/mol. The number of halogens is 1. The molecule has 27 heavy (non-hydrogen) atoms. The maximum Gasteiger partial charge on any atom is 0.137 e. The molecule has 0 amide bonds. The Kier molecular flexibility index (Phi) is 4.19. The number of hydrogen-bond acceptors (Lipinski definition) is 2. The van der Waals surface area contributed by atoms with Crippen LogP contribution in [-0.2, 0) is 19.5 Å². The van der Waals surface area contributed by atoms with Crippen LogP contribution in [0.5, 0.6) is 0 Å². The van der Waals surface area contributed by atoms with Gasteiger partial charge in [-0.1, -0.05) is 41.9 Å². The van der Waals surface area contributed by atoms with Crippen molar-refractivity contribution in [3.63, 3.8) is 0 Å². The zero-order valence-electron chi connectivity index (χ0n) is 15.0. The van der Waals surface area contributed by atoms with Crippen molar-refractivity contribution in [3.8, 4) is 11.1 Å². The lowest BCUT2D eigenvalue weighted by molar-refractivity contribution is 0.246. The van der Waals surface area contributed by atoms with Gasteiger partial charge in [-0.3, -0.25) is 4.90 Å². The lowest BCUT2D eigenvalue weighted by Gasteiger charge is -2.29. The van der Waals surface area contributed by atoms with Crippen LogP contribution >= 0.6 is 11.6 Å². The Hall–Kier alpha value is -2.62. The van der Waals surface area contributed by atoms with Crippen molar-refractivity contribution in [1.82, 2.24) is 14.9 Å². The Labute approximate surface area is 163 Å². The summed E-state index contributed by atoms with van der Waals surface area (Å²) >= 11 is 6.01. The molecule has 0 radical (unpaired) electrons. The van der Waals surface area contributed by atoms with Crippen molar-refractivity contribution >= 4 is 22.6 Å². The number of pyridine rings is 1. The number of fused-ring (bicyclic) bond motifs is 2. The molecule has 1 aliphatic heterocycles. The number of aromatic nitrogens is 2. The molecule has 4 heteroatoms. The normalized spacial score (nSPS) is 14.4. The lowest BCUT2D eigenvalue weighted by atomic mass is 9.94. The fraction of sp³-hybridized carbons (Fsp3) is 0.174. The van der Waals surface area contributed by atoms with Crippen molar-refractivity contribution in [2.45, 2.75) is 19.5 Å². The van der Waals surface area contributed by atoms with Crippen LogP contribution in [0.4, 0.5) is 0 Å². The van der Waals surface area contributed by atoms with Gasteiger partial charge in [0.05, 0.1) is 0 Å². The second kappa shape index (κ2) is 6.84. The van der Waals surface area contributed by atoms with E-state index in [9.17, 15) is 0 Å². The number of nitrogens with zero attached hydrogens (tertiary/aromatic N) is 2. The first-order valence-corrected chi connectivity index (χ1v) is 9.65. The molecule has 0 fully saturated rings. The SMILES string of the molecule is Clc1ccc(-c2ccc3c(c2)CCN(Cc2ccnc4[nH]ccc24)C3)cc1. The van der Waals surface area contributed by atoms with Crippen molar-refractivity contribution in [2.75, 3.05) is 6.54 Å².